The van der Waals surface area contributed by atoms with Gasteiger partial charge >= 0.3 is 0 Å². The van der Waals surface area contributed by atoms with Crippen LogP contribution in [0.3, 0.4) is 0 Å². The number of fused-ring (bicyclic) bond motifs is 1. The lowest BCUT2D eigenvalue weighted by atomic mass is 9.90. The van der Waals surface area contributed by atoms with Gasteiger partial charge in [0, 0.05) is 17.3 Å². The largest absolute Gasteiger partial charge is 0.300 e. The molecule has 3 heteroatoms. The van der Waals surface area contributed by atoms with E-state index in [9.17, 15) is 0 Å². The first-order valence-corrected chi connectivity index (χ1v) is 14.5. The van der Waals surface area contributed by atoms with Crippen LogP contribution in [0.15, 0.2) is 175 Å². The molecule has 0 aromatic heterocycles. The molecule has 0 radical (unpaired) electrons. The maximum atomic E-state index is 9.14. The predicted octanol–water partition coefficient (Wildman–Crippen LogP) is 9.87. The Labute approximate surface area is 258 Å². The van der Waals surface area contributed by atoms with Crippen LogP contribution in [0.2, 0.25) is 0 Å². The van der Waals surface area contributed by atoms with Crippen molar-refractivity contribution in [1.29, 1.82) is 10.8 Å². The van der Waals surface area contributed by atoms with Crippen LogP contribution in [-0.4, -0.2) is 17.6 Å². The minimum Gasteiger partial charge on any atom is -0.300 e. The third-order valence-electron chi connectivity index (χ3n) is 7.44. The fourth-order valence-corrected chi connectivity index (χ4v) is 5.16. The molecule has 0 amide bonds. The van der Waals surface area contributed by atoms with Crippen molar-refractivity contribution in [2.45, 2.75) is 0 Å². The summed E-state index contributed by atoms with van der Waals surface area (Å²) in [6.45, 7) is 0. The molecule has 0 saturated heterocycles. The predicted molar refractivity (Wildman–Crippen MR) is 186 cm³/mol. The topological polar surface area (TPSA) is 60.1 Å². The van der Waals surface area contributed by atoms with Crippen molar-refractivity contribution < 1.29 is 0 Å². The number of rotatable bonds is 9. The highest BCUT2D eigenvalue weighted by molar-refractivity contribution is 6.15. The van der Waals surface area contributed by atoms with Gasteiger partial charge in [-0.1, -0.05) is 152 Å². The summed E-state index contributed by atoms with van der Waals surface area (Å²) in [4.78, 5) is 4.80. The first-order chi connectivity index (χ1) is 21.7. The summed E-state index contributed by atoms with van der Waals surface area (Å²) in [5, 5.41) is 20.1. The first kappa shape index (κ1) is 28.2. The highest BCUT2D eigenvalue weighted by Crippen LogP contribution is 2.32. The maximum absolute atomic E-state index is 9.14. The summed E-state index contributed by atoms with van der Waals surface area (Å²) in [7, 11) is 0. The normalized spacial score (nSPS) is 12.0. The lowest BCUT2D eigenvalue weighted by molar-refractivity contribution is 1.47. The van der Waals surface area contributed by atoms with E-state index in [1.165, 1.54) is 0 Å². The smallest absolute Gasteiger partial charge is 0.0723 e. The standard InChI is InChI=1S/C41H31N3/c42-39(33-18-9-3-10-19-33)27-38(31-16-7-2-8-17-31)36-23-13-22-32-24-25-35(26-37(32)36)40(43)28-41(34-20-11-4-12-21-34)44-29-30-14-5-1-6-15-30/h1-29,42-43H/b38-27-,41-28-,42-39?,43-40?,44-29?. The Bertz CT molecular complexity index is 2000. The van der Waals surface area contributed by atoms with Crippen molar-refractivity contribution in [3.05, 3.63) is 203 Å². The SMILES string of the molecule is N=C(/C=C(/c1ccccc1)c1cccc2ccc(C(=N)/C=C(\N=Cc3ccccc3)c3ccccc3)cc12)c1ccccc1. The van der Waals surface area contributed by atoms with Gasteiger partial charge in [-0.2, -0.15) is 0 Å². The van der Waals surface area contributed by atoms with Gasteiger partial charge < -0.3 is 10.8 Å². The van der Waals surface area contributed by atoms with Gasteiger partial charge in [-0.25, -0.2) is 0 Å². The Morgan fingerprint density at radius 3 is 1.70 bits per heavy atom. The van der Waals surface area contributed by atoms with E-state index in [2.05, 4.69) is 42.5 Å². The summed E-state index contributed by atoms with van der Waals surface area (Å²) >= 11 is 0. The van der Waals surface area contributed by atoms with E-state index in [4.69, 9.17) is 15.8 Å². The molecule has 6 rings (SSSR count). The van der Waals surface area contributed by atoms with Gasteiger partial charge in [0.25, 0.3) is 0 Å². The van der Waals surface area contributed by atoms with Crippen LogP contribution in [0.25, 0.3) is 22.0 Å². The first-order valence-electron chi connectivity index (χ1n) is 14.5. The van der Waals surface area contributed by atoms with Crippen LogP contribution in [0.1, 0.15) is 33.4 Å². The number of aliphatic imine (C=N–C) groups is 1. The van der Waals surface area contributed by atoms with E-state index >= 15 is 0 Å². The molecule has 3 nitrogen and oxygen atoms in total. The third kappa shape index (κ3) is 6.59. The van der Waals surface area contributed by atoms with E-state index in [0.717, 1.165) is 49.7 Å². The quantitative estimate of drug-likeness (QED) is 0.164. The number of allylic oxidation sites excluding steroid dienone is 2. The number of benzene rings is 6. The van der Waals surface area contributed by atoms with Crippen molar-refractivity contribution in [3.8, 4) is 0 Å². The van der Waals surface area contributed by atoms with Gasteiger partial charge in [-0.3, -0.25) is 4.99 Å². The monoisotopic (exact) mass is 565 g/mol. The molecule has 0 heterocycles. The molecule has 44 heavy (non-hydrogen) atoms. The molecule has 0 saturated carbocycles. The van der Waals surface area contributed by atoms with Gasteiger partial charge in [0.1, 0.15) is 0 Å². The van der Waals surface area contributed by atoms with Gasteiger partial charge in [-0.15, -0.1) is 0 Å². The van der Waals surface area contributed by atoms with E-state index in [0.29, 0.717) is 17.1 Å². The summed E-state index contributed by atoms with van der Waals surface area (Å²) in [5.74, 6) is 0. The molecular weight excluding hydrogens is 534 g/mol. The van der Waals surface area contributed by atoms with Gasteiger partial charge in [0.2, 0.25) is 0 Å². The van der Waals surface area contributed by atoms with E-state index in [-0.39, 0.29) is 0 Å². The van der Waals surface area contributed by atoms with Crippen LogP contribution in [0.5, 0.6) is 0 Å². The van der Waals surface area contributed by atoms with Gasteiger partial charge in [0.15, 0.2) is 0 Å². The number of hydrogen-bond donors (Lipinski definition) is 2. The Hall–Kier alpha value is -5.93. The molecule has 0 spiro atoms. The van der Waals surface area contributed by atoms with Crippen LogP contribution < -0.4 is 0 Å². The van der Waals surface area contributed by atoms with Crippen molar-refractivity contribution in [2.75, 3.05) is 0 Å². The molecule has 2 N–H and O–H groups in total. The van der Waals surface area contributed by atoms with E-state index in [1.807, 2.05) is 134 Å². The average Bonchev–Trinajstić information content (AvgIpc) is 3.10. The van der Waals surface area contributed by atoms with Crippen LogP contribution >= 0.6 is 0 Å². The Morgan fingerprint density at radius 2 is 1.05 bits per heavy atom. The molecule has 0 aliphatic rings. The highest BCUT2D eigenvalue weighted by atomic mass is 14.7. The molecule has 6 aromatic carbocycles. The second kappa shape index (κ2) is 13.4. The molecule has 0 fully saturated rings. The number of hydrogen-bond acceptors (Lipinski definition) is 3. The minimum atomic E-state index is 0.369. The van der Waals surface area contributed by atoms with Crippen molar-refractivity contribution in [3.63, 3.8) is 0 Å². The molecule has 0 aliphatic carbocycles. The molecule has 0 aliphatic heterocycles. The van der Waals surface area contributed by atoms with Gasteiger partial charge in [0.05, 0.1) is 17.1 Å². The zero-order valence-electron chi connectivity index (χ0n) is 24.2. The van der Waals surface area contributed by atoms with Crippen LogP contribution in [-0.2, 0) is 0 Å². The van der Waals surface area contributed by atoms with E-state index < -0.39 is 0 Å². The molecule has 6 aromatic rings. The Kier molecular flexibility index (Phi) is 8.57. The fraction of sp³-hybridized carbons (Fsp3) is 0. The molecule has 0 unspecified atom stereocenters. The lowest BCUT2D eigenvalue weighted by Crippen LogP contribution is -2.00. The summed E-state index contributed by atoms with van der Waals surface area (Å²) in [5.41, 5.74) is 8.12. The summed E-state index contributed by atoms with van der Waals surface area (Å²) in [6.07, 6.45) is 5.62. The number of nitrogens with one attached hydrogen (secondary N) is 2. The zero-order chi connectivity index (χ0) is 30.1. The number of nitrogens with zero attached hydrogens (tertiary/aromatic N) is 1. The fourth-order valence-electron chi connectivity index (χ4n) is 5.16. The van der Waals surface area contributed by atoms with Gasteiger partial charge in [-0.05, 0) is 56.8 Å². The van der Waals surface area contributed by atoms with Crippen molar-refractivity contribution >= 4 is 39.7 Å². The maximum Gasteiger partial charge on any atom is 0.0723 e. The lowest BCUT2D eigenvalue weighted by Gasteiger charge is -2.14. The van der Waals surface area contributed by atoms with Crippen LogP contribution in [0, 0.1) is 10.8 Å². The second-order valence-electron chi connectivity index (χ2n) is 10.4. The Morgan fingerprint density at radius 1 is 0.477 bits per heavy atom. The minimum absolute atomic E-state index is 0.369. The third-order valence-corrected chi connectivity index (χ3v) is 7.44. The average molecular weight is 566 g/mol. The van der Waals surface area contributed by atoms with Crippen molar-refractivity contribution in [2.24, 2.45) is 4.99 Å². The zero-order valence-corrected chi connectivity index (χ0v) is 24.2. The molecule has 0 bridgehead atoms. The highest BCUT2D eigenvalue weighted by Gasteiger charge is 2.13. The Balaban J connectivity index is 1.44. The molecule has 210 valence electrons. The van der Waals surface area contributed by atoms with Crippen molar-refractivity contribution in [1.82, 2.24) is 0 Å². The summed E-state index contributed by atoms with van der Waals surface area (Å²) in [6, 6.07) is 52.3. The van der Waals surface area contributed by atoms with Crippen LogP contribution in [0.4, 0.5) is 0 Å². The summed E-state index contributed by atoms with van der Waals surface area (Å²) < 4.78 is 0. The second-order valence-corrected chi connectivity index (χ2v) is 10.4. The molecule has 0 atom stereocenters. The van der Waals surface area contributed by atoms with E-state index in [1.54, 1.807) is 0 Å². The molecular formula is C41H31N3.